The third kappa shape index (κ3) is 2.63. The largest absolute Gasteiger partial charge is 0.503 e. The van der Waals surface area contributed by atoms with Crippen LogP contribution in [0.4, 0.5) is 4.39 Å². The summed E-state index contributed by atoms with van der Waals surface area (Å²) in [5.41, 5.74) is 0.636. The number of halogens is 1. The zero-order valence-electron chi connectivity index (χ0n) is 12.3. The van der Waals surface area contributed by atoms with Crippen LogP contribution in [-0.2, 0) is 13.1 Å². The van der Waals surface area contributed by atoms with E-state index in [2.05, 4.69) is 6.58 Å². The van der Waals surface area contributed by atoms with Crippen LogP contribution in [0.15, 0.2) is 41.7 Å². The molecule has 0 aliphatic carbocycles. The molecule has 0 saturated heterocycles. The third-order valence-corrected chi connectivity index (χ3v) is 3.90. The van der Waals surface area contributed by atoms with Gasteiger partial charge in [-0.15, -0.1) is 0 Å². The average Bonchev–Trinajstić information content (AvgIpc) is 2.55. The number of carbonyl (C=O) groups is 1. The molecule has 23 heavy (non-hydrogen) atoms. The van der Waals surface area contributed by atoms with Crippen LogP contribution in [0, 0.1) is 5.82 Å². The van der Waals surface area contributed by atoms with Gasteiger partial charge in [-0.1, -0.05) is 18.7 Å². The van der Waals surface area contributed by atoms with Gasteiger partial charge in [0.05, 0.1) is 0 Å². The maximum Gasteiger partial charge on any atom is 0.274 e. The van der Waals surface area contributed by atoms with Gasteiger partial charge >= 0.3 is 0 Å². The maximum atomic E-state index is 13.0. The van der Waals surface area contributed by atoms with E-state index in [-0.39, 0.29) is 18.1 Å². The zero-order valence-corrected chi connectivity index (χ0v) is 12.3. The molecule has 0 bridgehead atoms. The quantitative estimate of drug-likeness (QED) is 0.942. The van der Waals surface area contributed by atoms with E-state index in [1.807, 2.05) is 0 Å². The first-order chi connectivity index (χ1) is 11.0. The summed E-state index contributed by atoms with van der Waals surface area (Å²) >= 11 is 0. The standard InChI is InChI=1S/C17H15FN2O3/c1-2-13-9-14(21)16(22)15-17(23)19(7-8-20(13)15)10-11-3-5-12(18)6-4-11/h2-6,9,22H,1,7-8,10H2. The molecule has 0 unspecified atom stereocenters. The Morgan fingerprint density at radius 3 is 2.57 bits per heavy atom. The van der Waals surface area contributed by atoms with Crippen molar-refractivity contribution in [3.63, 3.8) is 0 Å². The molecule has 1 N–H and O–H groups in total. The lowest BCUT2D eigenvalue weighted by molar-refractivity contribution is 0.0682. The van der Waals surface area contributed by atoms with E-state index in [4.69, 9.17) is 0 Å². The lowest BCUT2D eigenvalue weighted by Gasteiger charge is -2.31. The molecule has 2 aromatic rings. The molecule has 0 radical (unpaired) electrons. The molecule has 118 valence electrons. The van der Waals surface area contributed by atoms with E-state index in [1.165, 1.54) is 29.2 Å². The number of nitrogens with zero attached hydrogens (tertiary/aromatic N) is 2. The van der Waals surface area contributed by atoms with Crippen molar-refractivity contribution in [3.05, 3.63) is 69.9 Å². The molecule has 0 fully saturated rings. The van der Waals surface area contributed by atoms with Gasteiger partial charge in [0.1, 0.15) is 5.82 Å². The van der Waals surface area contributed by atoms with Crippen molar-refractivity contribution in [3.8, 4) is 5.75 Å². The Bertz CT molecular complexity index is 840. The molecule has 0 spiro atoms. The number of hydrogen-bond donors (Lipinski definition) is 1. The normalized spacial score (nSPS) is 13.8. The first-order valence-electron chi connectivity index (χ1n) is 7.14. The fourth-order valence-corrected chi connectivity index (χ4v) is 2.71. The molecule has 1 aromatic heterocycles. The van der Waals surface area contributed by atoms with E-state index in [9.17, 15) is 19.1 Å². The van der Waals surface area contributed by atoms with Crippen LogP contribution in [0.3, 0.4) is 0 Å². The summed E-state index contributed by atoms with van der Waals surface area (Å²) in [7, 11) is 0. The third-order valence-electron chi connectivity index (χ3n) is 3.90. The van der Waals surface area contributed by atoms with Gasteiger partial charge in [-0.05, 0) is 23.8 Å². The van der Waals surface area contributed by atoms with Crippen molar-refractivity contribution >= 4 is 12.0 Å². The molecular weight excluding hydrogens is 299 g/mol. The number of fused-ring (bicyclic) bond motifs is 1. The minimum atomic E-state index is -0.608. The second-order valence-electron chi connectivity index (χ2n) is 5.34. The predicted octanol–water partition coefficient (Wildman–Crippen LogP) is 1.99. The molecule has 1 amide bonds. The first kappa shape index (κ1) is 15.0. The van der Waals surface area contributed by atoms with Crippen LogP contribution in [0.1, 0.15) is 21.7 Å². The minimum Gasteiger partial charge on any atom is -0.503 e. The number of hydrogen-bond acceptors (Lipinski definition) is 3. The molecular formula is C17H15FN2O3. The summed E-state index contributed by atoms with van der Waals surface area (Å²) in [5.74, 6) is -1.33. The first-order valence-corrected chi connectivity index (χ1v) is 7.14. The van der Waals surface area contributed by atoms with Gasteiger partial charge < -0.3 is 14.6 Å². The second kappa shape index (κ2) is 5.72. The van der Waals surface area contributed by atoms with Crippen molar-refractivity contribution in [2.24, 2.45) is 0 Å². The summed E-state index contributed by atoms with van der Waals surface area (Å²) in [4.78, 5) is 25.9. The highest BCUT2D eigenvalue weighted by Gasteiger charge is 2.29. The fourth-order valence-electron chi connectivity index (χ4n) is 2.71. The van der Waals surface area contributed by atoms with E-state index in [1.54, 1.807) is 16.7 Å². The summed E-state index contributed by atoms with van der Waals surface area (Å²) in [6.07, 6.45) is 1.48. The van der Waals surface area contributed by atoms with Crippen molar-refractivity contribution < 1.29 is 14.3 Å². The van der Waals surface area contributed by atoms with Crippen molar-refractivity contribution in [2.75, 3.05) is 6.54 Å². The average molecular weight is 314 g/mol. The van der Waals surface area contributed by atoms with Crippen LogP contribution in [-0.4, -0.2) is 27.0 Å². The smallest absolute Gasteiger partial charge is 0.274 e. The Hall–Kier alpha value is -2.89. The summed E-state index contributed by atoms with van der Waals surface area (Å²) < 4.78 is 14.5. The van der Waals surface area contributed by atoms with Crippen LogP contribution in [0.5, 0.6) is 5.75 Å². The molecule has 1 aliphatic heterocycles. The molecule has 3 rings (SSSR count). The predicted molar refractivity (Wildman–Crippen MR) is 83.6 cm³/mol. The van der Waals surface area contributed by atoms with Crippen LogP contribution >= 0.6 is 0 Å². The number of benzene rings is 1. The molecule has 1 aliphatic rings. The SMILES string of the molecule is C=Cc1cc(=O)c(O)c2n1CCN(Cc1ccc(F)cc1)C2=O. The van der Waals surface area contributed by atoms with Gasteiger partial charge in [0, 0.05) is 31.4 Å². The Morgan fingerprint density at radius 2 is 1.91 bits per heavy atom. The second-order valence-corrected chi connectivity index (χ2v) is 5.34. The van der Waals surface area contributed by atoms with E-state index >= 15 is 0 Å². The molecule has 0 saturated carbocycles. The minimum absolute atomic E-state index is 0.0271. The van der Waals surface area contributed by atoms with Gasteiger partial charge in [-0.25, -0.2) is 4.39 Å². The maximum absolute atomic E-state index is 13.0. The van der Waals surface area contributed by atoms with E-state index < -0.39 is 17.1 Å². The van der Waals surface area contributed by atoms with Crippen molar-refractivity contribution in [1.29, 1.82) is 0 Å². The highest BCUT2D eigenvalue weighted by Crippen LogP contribution is 2.23. The van der Waals surface area contributed by atoms with Crippen molar-refractivity contribution in [1.82, 2.24) is 9.47 Å². The Kier molecular flexibility index (Phi) is 3.73. The van der Waals surface area contributed by atoms with Crippen LogP contribution in [0.25, 0.3) is 6.08 Å². The van der Waals surface area contributed by atoms with Gasteiger partial charge in [-0.2, -0.15) is 0 Å². The number of aromatic nitrogens is 1. The van der Waals surface area contributed by atoms with E-state index in [0.717, 1.165) is 5.56 Å². The van der Waals surface area contributed by atoms with Gasteiger partial charge in [0.2, 0.25) is 5.43 Å². The van der Waals surface area contributed by atoms with Gasteiger partial charge in [0.25, 0.3) is 5.91 Å². The van der Waals surface area contributed by atoms with Gasteiger partial charge in [-0.3, -0.25) is 9.59 Å². The zero-order chi connectivity index (χ0) is 16.6. The number of carbonyl (C=O) groups excluding carboxylic acids is 1. The highest BCUT2D eigenvalue weighted by molar-refractivity contribution is 5.96. The monoisotopic (exact) mass is 314 g/mol. The van der Waals surface area contributed by atoms with Crippen molar-refractivity contribution in [2.45, 2.75) is 13.1 Å². The number of amides is 1. The number of aromatic hydroxyl groups is 1. The molecule has 2 heterocycles. The molecule has 1 aromatic carbocycles. The summed E-state index contributed by atoms with van der Waals surface area (Å²) in [5, 5.41) is 9.99. The lowest BCUT2D eigenvalue weighted by Crippen LogP contribution is -2.41. The Balaban J connectivity index is 1.97. The lowest BCUT2D eigenvalue weighted by atomic mass is 10.1. The Morgan fingerprint density at radius 1 is 1.22 bits per heavy atom. The molecule has 0 atom stereocenters. The van der Waals surface area contributed by atoms with E-state index in [0.29, 0.717) is 18.8 Å². The highest BCUT2D eigenvalue weighted by atomic mass is 19.1. The molecule has 6 heteroatoms. The topological polar surface area (TPSA) is 62.5 Å². The summed E-state index contributed by atoms with van der Waals surface area (Å²) in [6.45, 7) is 4.78. The van der Waals surface area contributed by atoms with Crippen LogP contribution in [0.2, 0.25) is 0 Å². The fraction of sp³-hybridized carbons (Fsp3) is 0.176. The summed E-state index contributed by atoms with van der Waals surface area (Å²) in [6, 6.07) is 7.12. The van der Waals surface area contributed by atoms with Crippen LogP contribution < -0.4 is 5.43 Å². The number of rotatable bonds is 3. The Labute approximate surface area is 131 Å². The van der Waals surface area contributed by atoms with Gasteiger partial charge in [0.15, 0.2) is 11.4 Å². The molecule has 5 nitrogen and oxygen atoms in total. The number of pyridine rings is 1.